The summed E-state index contributed by atoms with van der Waals surface area (Å²) in [5.41, 5.74) is 0.463. The summed E-state index contributed by atoms with van der Waals surface area (Å²) in [5, 5.41) is 5.06. The van der Waals surface area contributed by atoms with Crippen molar-refractivity contribution in [1.82, 2.24) is 9.69 Å². The number of imide groups is 1. The standard InChI is InChI=1S/C11H6Cl3N3O2S/c12-5-1-3-6(4-2-5)15-11(19)16-10(18)7-8(13)17-20-9(7)14/h1-4H,(H2,15,16,18,19). The zero-order valence-electron chi connectivity index (χ0n) is 9.62. The van der Waals surface area contributed by atoms with E-state index in [1.54, 1.807) is 24.3 Å². The van der Waals surface area contributed by atoms with Gasteiger partial charge in [0.25, 0.3) is 5.91 Å². The molecule has 0 bridgehead atoms. The van der Waals surface area contributed by atoms with E-state index in [4.69, 9.17) is 34.8 Å². The molecule has 0 fully saturated rings. The lowest BCUT2D eigenvalue weighted by Crippen LogP contribution is -2.34. The minimum atomic E-state index is -0.722. The molecule has 1 aromatic heterocycles. The maximum Gasteiger partial charge on any atom is 0.326 e. The van der Waals surface area contributed by atoms with Crippen molar-refractivity contribution in [2.75, 3.05) is 5.32 Å². The highest BCUT2D eigenvalue weighted by atomic mass is 35.5. The number of aromatic nitrogens is 1. The first-order valence-corrected chi connectivity index (χ1v) is 7.06. The van der Waals surface area contributed by atoms with Gasteiger partial charge in [0.15, 0.2) is 5.15 Å². The van der Waals surface area contributed by atoms with Crippen molar-refractivity contribution >= 4 is 64.0 Å². The third-order valence-electron chi connectivity index (χ3n) is 2.16. The van der Waals surface area contributed by atoms with E-state index in [2.05, 4.69) is 15.0 Å². The number of urea groups is 1. The van der Waals surface area contributed by atoms with Crippen LogP contribution in [0.4, 0.5) is 10.5 Å². The zero-order chi connectivity index (χ0) is 14.7. The summed E-state index contributed by atoms with van der Waals surface area (Å²) in [6, 6.07) is 5.69. The molecular formula is C11H6Cl3N3O2S. The van der Waals surface area contributed by atoms with Gasteiger partial charge >= 0.3 is 6.03 Å². The first kappa shape index (κ1) is 15.1. The Hall–Kier alpha value is -1.34. The average molecular weight is 351 g/mol. The number of hydrogen-bond donors (Lipinski definition) is 2. The second kappa shape index (κ2) is 6.41. The molecule has 0 radical (unpaired) electrons. The van der Waals surface area contributed by atoms with E-state index >= 15 is 0 Å². The van der Waals surface area contributed by atoms with Crippen molar-refractivity contribution in [3.05, 3.63) is 44.3 Å². The Labute approximate surface area is 133 Å². The van der Waals surface area contributed by atoms with Crippen LogP contribution in [0.5, 0.6) is 0 Å². The maximum absolute atomic E-state index is 11.8. The van der Waals surface area contributed by atoms with Crippen molar-refractivity contribution < 1.29 is 9.59 Å². The molecule has 0 aliphatic carbocycles. The van der Waals surface area contributed by atoms with Crippen molar-refractivity contribution in [2.45, 2.75) is 0 Å². The van der Waals surface area contributed by atoms with Gasteiger partial charge in [0.1, 0.15) is 9.90 Å². The van der Waals surface area contributed by atoms with Crippen molar-refractivity contribution in [3.63, 3.8) is 0 Å². The van der Waals surface area contributed by atoms with Gasteiger partial charge < -0.3 is 5.32 Å². The Balaban J connectivity index is 2.01. The Morgan fingerprint density at radius 2 is 1.75 bits per heavy atom. The fraction of sp³-hybridized carbons (Fsp3) is 0. The molecular weight excluding hydrogens is 345 g/mol. The maximum atomic E-state index is 11.8. The lowest BCUT2D eigenvalue weighted by molar-refractivity contribution is 0.0967. The van der Waals surface area contributed by atoms with Gasteiger partial charge in [-0.1, -0.05) is 34.8 Å². The highest BCUT2D eigenvalue weighted by Gasteiger charge is 2.20. The van der Waals surface area contributed by atoms with E-state index in [1.165, 1.54) is 0 Å². The smallest absolute Gasteiger partial charge is 0.308 e. The number of nitrogens with one attached hydrogen (secondary N) is 2. The molecule has 20 heavy (non-hydrogen) atoms. The second-order valence-electron chi connectivity index (χ2n) is 3.54. The van der Waals surface area contributed by atoms with Crippen molar-refractivity contribution in [3.8, 4) is 0 Å². The van der Waals surface area contributed by atoms with E-state index in [0.717, 1.165) is 11.5 Å². The van der Waals surface area contributed by atoms with Crippen LogP contribution in [0.15, 0.2) is 24.3 Å². The first-order valence-electron chi connectivity index (χ1n) is 5.16. The van der Waals surface area contributed by atoms with Crippen LogP contribution < -0.4 is 10.6 Å². The van der Waals surface area contributed by atoms with E-state index in [-0.39, 0.29) is 15.1 Å². The number of nitrogens with zero attached hydrogens (tertiary/aromatic N) is 1. The minimum absolute atomic E-state index is 0.0235. The van der Waals surface area contributed by atoms with Crippen LogP contribution in [-0.2, 0) is 0 Å². The van der Waals surface area contributed by atoms with Gasteiger partial charge in [-0.05, 0) is 35.8 Å². The third-order valence-corrected chi connectivity index (χ3v) is 3.82. The fourth-order valence-electron chi connectivity index (χ4n) is 1.30. The normalized spacial score (nSPS) is 10.2. The second-order valence-corrected chi connectivity index (χ2v) is 5.71. The number of amides is 3. The zero-order valence-corrected chi connectivity index (χ0v) is 12.7. The Morgan fingerprint density at radius 1 is 1.10 bits per heavy atom. The summed E-state index contributed by atoms with van der Waals surface area (Å²) in [7, 11) is 0. The third kappa shape index (κ3) is 3.61. The number of anilines is 1. The van der Waals surface area contributed by atoms with E-state index < -0.39 is 11.9 Å². The molecule has 0 spiro atoms. The van der Waals surface area contributed by atoms with E-state index in [1.807, 2.05) is 0 Å². The molecule has 104 valence electrons. The summed E-state index contributed by atoms with van der Waals surface area (Å²) in [6.07, 6.45) is 0. The van der Waals surface area contributed by atoms with Gasteiger partial charge in [-0.25, -0.2) is 4.79 Å². The molecule has 0 saturated heterocycles. The van der Waals surface area contributed by atoms with Gasteiger partial charge in [-0.3, -0.25) is 10.1 Å². The molecule has 5 nitrogen and oxygen atoms in total. The molecule has 0 aliphatic rings. The van der Waals surface area contributed by atoms with Crippen LogP contribution in [-0.4, -0.2) is 16.3 Å². The lowest BCUT2D eigenvalue weighted by atomic mass is 10.3. The molecule has 2 N–H and O–H groups in total. The number of rotatable bonds is 2. The Morgan fingerprint density at radius 3 is 2.30 bits per heavy atom. The average Bonchev–Trinajstić information content (AvgIpc) is 2.72. The van der Waals surface area contributed by atoms with Gasteiger partial charge in [-0.15, -0.1) is 0 Å². The Kier molecular flexibility index (Phi) is 4.82. The van der Waals surface area contributed by atoms with Crippen LogP contribution in [0.3, 0.4) is 0 Å². The lowest BCUT2D eigenvalue weighted by Gasteiger charge is -2.06. The summed E-state index contributed by atoms with van der Waals surface area (Å²) in [5.74, 6) is -0.722. The molecule has 0 saturated carbocycles. The van der Waals surface area contributed by atoms with Crippen molar-refractivity contribution in [1.29, 1.82) is 0 Å². The summed E-state index contributed by atoms with van der Waals surface area (Å²) < 4.78 is 3.82. The summed E-state index contributed by atoms with van der Waals surface area (Å²) in [6.45, 7) is 0. The molecule has 0 atom stereocenters. The Bertz CT molecular complexity index is 638. The SMILES string of the molecule is O=C(NC(=O)c1c(Cl)nsc1Cl)Nc1ccc(Cl)cc1. The van der Waals surface area contributed by atoms with Crippen molar-refractivity contribution in [2.24, 2.45) is 0 Å². The van der Waals surface area contributed by atoms with E-state index in [0.29, 0.717) is 10.7 Å². The summed E-state index contributed by atoms with van der Waals surface area (Å²) in [4.78, 5) is 23.5. The molecule has 1 heterocycles. The number of carbonyl (C=O) groups excluding carboxylic acids is 2. The molecule has 2 aromatic rings. The molecule has 9 heteroatoms. The number of hydrogen-bond acceptors (Lipinski definition) is 4. The van der Waals surface area contributed by atoms with Gasteiger partial charge in [0.05, 0.1) is 0 Å². The topological polar surface area (TPSA) is 71.1 Å². The molecule has 0 unspecified atom stereocenters. The molecule has 1 aromatic carbocycles. The van der Waals surface area contributed by atoms with Gasteiger partial charge in [0.2, 0.25) is 0 Å². The minimum Gasteiger partial charge on any atom is -0.308 e. The van der Waals surface area contributed by atoms with Crippen LogP contribution >= 0.6 is 46.3 Å². The number of halogens is 3. The largest absolute Gasteiger partial charge is 0.326 e. The highest BCUT2D eigenvalue weighted by molar-refractivity contribution is 7.11. The van der Waals surface area contributed by atoms with Crippen LogP contribution in [0, 0.1) is 0 Å². The summed E-state index contributed by atoms with van der Waals surface area (Å²) >= 11 is 18.1. The predicted octanol–water partition coefficient (Wildman–Crippen LogP) is 4.07. The van der Waals surface area contributed by atoms with Gasteiger partial charge in [-0.2, -0.15) is 4.37 Å². The molecule has 3 amide bonds. The fourth-order valence-corrected chi connectivity index (χ4v) is 2.62. The predicted molar refractivity (Wildman–Crippen MR) is 80.1 cm³/mol. The van der Waals surface area contributed by atoms with Gasteiger partial charge in [0, 0.05) is 10.7 Å². The molecule has 0 aliphatic heterocycles. The monoisotopic (exact) mass is 349 g/mol. The molecule has 2 rings (SSSR count). The van der Waals surface area contributed by atoms with Crippen LogP contribution in [0.1, 0.15) is 10.4 Å². The number of carbonyl (C=O) groups is 2. The number of benzene rings is 1. The van der Waals surface area contributed by atoms with Crippen LogP contribution in [0.2, 0.25) is 14.5 Å². The highest BCUT2D eigenvalue weighted by Crippen LogP contribution is 2.27. The van der Waals surface area contributed by atoms with E-state index in [9.17, 15) is 9.59 Å². The quantitative estimate of drug-likeness (QED) is 0.858. The first-order chi connectivity index (χ1) is 9.47. The van der Waals surface area contributed by atoms with Crippen LogP contribution in [0.25, 0.3) is 0 Å².